The lowest BCUT2D eigenvalue weighted by atomic mass is 10.1. The van der Waals surface area contributed by atoms with Crippen molar-refractivity contribution in [1.82, 2.24) is 0 Å². The molecular weight excluding hydrogens is 283 g/mol. The minimum atomic E-state index is -0.336. The minimum absolute atomic E-state index is 0.170. The first-order chi connectivity index (χ1) is 10.7. The van der Waals surface area contributed by atoms with E-state index in [1.807, 2.05) is 12.1 Å². The second-order valence-electron chi connectivity index (χ2n) is 4.76. The molecule has 0 N–H and O–H groups in total. The highest BCUT2D eigenvalue weighted by Gasteiger charge is 2.07. The summed E-state index contributed by atoms with van der Waals surface area (Å²) >= 11 is 0. The van der Waals surface area contributed by atoms with Gasteiger partial charge in [0.1, 0.15) is 23.1 Å². The Kier molecular flexibility index (Phi) is 3.74. The molecule has 0 saturated heterocycles. The normalized spacial score (nSPS) is 10.5. The maximum Gasteiger partial charge on any atom is 0.186 e. The zero-order chi connectivity index (χ0) is 15.5. The van der Waals surface area contributed by atoms with E-state index in [1.165, 1.54) is 24.3 Å². The van der Waals surface area contributed by atoms with Crippen molar-refractivity contribution in [3.8, 4) is 28.4 Å². The minimum Gasteiger partial charge on any atom is -0.497 e. The van der Waals surface area contributed by atoms with Gasteiger partial charge in [0.15, 0.2) is 5.43 Å². The second-order valence-corrected chi connectivity index (χ2v) is 4.76. The summed E-state index contributed by atoms with van der Waals surface area (Å²) in [5, 5.41) is 0. The summed E-state index contributed by atoms with van der Waals surface area (Å²) < 4.78 is 23.9. The van der Waals surface area contributed by atoms with Gasteiger partial charge in [-0.3, -0.25) is 4.79 Å². The Hall–Kier alpha value is -2.88. The van der Waals surface area contributed by atoms with E-state index in [4.69, 9.17) is 9.15 Å². The van der Waals surface area contributed by atoms with Crippen LogP contribution < -0.4 is 10.2 Å². The Bertz CT molecular complexity index is 833. The SMILES string of the molecule is COc1ccc(-c2cc(=O)cc(-c3ccc(F)cc3)o2)cc1. The lowest BCUT2D eigenvalue weighted by molar-refractivity contribution is 0.415. The Morgan fingerprint density at radius 3 is 1.86 bits per heavy atom. The highest BCUT2D eigenvalue weighted by Crippen LogP contribution is 2.26. The summed E-state index contributed by atoms with van der Waals surface area (Å²) in [6.07, 6.45) is 0. The van der Waals surface area contributed by atoms with Crippen LogP contribution >= 0.6 is 0 Å². The fourth-order valence-corrected chi connectivity index (χ4v) is 2.13. The maximum atomic E-state index is 13.0. The molecule has 0 aliphatic rings. The zero-order valence-electron chi connectivity index (χ0n) is 11.9. The van der Waals surface area contributed by atoms with Crippen LogP contribution in [0.25, 0.3) is 22.6 Å². The predicted molar refractivity (Wildman–Crippen MR) is 82.4 cm³/mol. The number of methoxy groups -OCH3 is 1. The molecular formula is C18H13FO3. The van der Waals surface area contributed by atoms with Crippen molar-refractivity contribution in [2.45, 2.75) is 0 Å². The van der Waals surface area contributed by atoms with Crippen LogP contribution in [0.1, 0.15) is 0 Å². The average Bonchev–Trinajstić information content (AvgIpc) is 2.55. The van der Waals surface area contributed by atoms with Gasteiger partial charge in [0, 0.05) is 23.3 Å². The smallest absolute Gasteiger partial charge is 0.186 e. The molecule has 1 heterocycles. The van der Waals surface area contributed by atoms with Crippen LogP contribution in [0.5, 0.6) is 5.75 Å². The van der Waals surface area contributed by atoms with Gasteiger partial charge in [-0.25, -0.2) is 4.39 Å². The molecule has 0 aliphatic carbocycles. The van der Waals surface area contributed by atoms with Gasteiger partial charge in [-0.05, 0) is 48.5 Å². The van der Waals surface area contributed by atoms with E-state index in [-0.39, 0.29) is 11.2 Å². The quantitative estimate of drug-likeness (QED) is 0.730. The van der Waals surface area contributed by atoms with E-state index >= 15 is 0 Å². The lowest BCUT2D eigenvalue weighted by Gasteiger charge is -2.06. The standard InChI is InChI=1S/C18H13FO3/c1-21-16-8-4-13(5-9-16)18-11-15(20)10-17(22-18)12-2-6-14(19)7-3-12/h2-11H,1H3. The number of hydrogen-bond donors (Lipinski definition) is 0. The Labute approximate surface area is 126 Å². The summed E-state index contributed by atoms with van der Waals surface area (Å²) in [4.78, 5) is 11.9. The Balaban J connectivity index is 2.05. The highest BCUT2D eigenvalue weighted by molar-refractivity contribution is 5.63. The van der Waals surface area contributed by atoms with E-state index in [1.54, 1.807) is 31.4 Å². The topological polar surface area (TPSA) is 39.4 Å². The first-order valence-corrected chi connectivity index (χ1v) is 6.71. The first-order valence-electron chi connectivity index (χ1n) is 6.71. The molecule has 4 heteroatoms. The fraction of sp³-hybridized carbons (Fsp3) is 0.0556. The number of benzene rings is 2. The summed E-state index contributed by atoms with van der Waals surface area (Å²) in [5.74, 6) is 1.24. The van der Waals surface area contributed by atoms with E-state index < -0.39 is 0 Å². The first kappa shape index (κ1) is 14.1. The van der Waals surface area contributed by atoms with Crippen LogP contribution in [0, 0.1) is 5.82 Å². The number of halogens is 1. The van der Waals surface area contributed by atoms with Crippen LogP contribution in [-0.4, -0.2) is 7.11 Å². The van der Waals surface area contributed by atoms with Crippen LogP contribution in [0.2, 0.25) is 0 Å². The van der Waals surface area contributed by atoms with Crippen LogP contribution in [-0.2, 0) is 0 Å². The highest BCUT2D eigenvalue weighted by atomic mass is 19.1. The Morgan fingerprint density at radius 1 is 0.864 bits per heavy atom. The molecule has 0 amide bonds. The largest absolute Gasteiger partial charge is 0.497 e. The van der Waals surface area contributed by atoms with Gasteiger partial charge in [0.25, 0.3) is 0 Å². The van der Waals surface area contributed by atoms with Crippen molar-refractivity contribution in [3.05, 3.63) is 76.7 Å². The fourth-order valence-electron chi connectivity index (χ4n) is 2.13. The van der Waals surface area contributed by atoms with E-state index in [0.29, 0.717) is 17.1 Å². The summed E-state index contributed by atoms with van der Waals surface area (Å²) in [7, 11) is 1.59. The van der Waals surface area contributed by atoms with Gasteiger partial charge in [0.2, 0.25) is 0 Å². The molecule has 2 aromatic carbocycles. The van der Waals surface area contributed by atoms with Gasteiger partial charge in [0.05, 0.1) is 7.11 Å². The number of ether oxygens (including phenoxy) is 1. The molecule has 110 valence electrons. The van der Waals surface area contributed by atoms with Crippen molar-refractivity contribution < 1.29 is 13.5 Å². The molecule has 0 spiro atoms. The van der Waals surface area contributed by atoms with Crippen LogP contribution in [0.15, 0.2) is 69.9 Å². The molecule has 0 aliphatic heterocycles. The van der Waals surface area contributed by atoms with Gasteiger partial charge in [-0.15, -0.1) is 0 Å². The van der Waals surface area contributed by atoms with Crippen molar-refractivity contribution in [3.63, 3.8) is 0 Å². The molecule has 0 atom stereocenters. The summed E-state index contributed by atoms with van der Waals surface area (Å²) in [6.45, 7) is 0. The van der Waals surface area contributed by atoms with Crippen LogP contribution in [0.4, 0.5) is 4.39 Å². The molecule has 3 rings (SSSR count). The molecule has 0 unspecified atom stereocenters. The molecule has 0 saturated carbocycles. The van der Waals surface area contributed by atoms with E-state index in [9.17, 15) is 9.18 Å². The van der Waals surface area contributed by atoms with Gasteiger partial charge >= 0.3 is 0 Å². The van der Waals surface area contributed by atoms with Crippen molar-refractivity contribution in [1.29, 1.82) is 0 Å². The molecule has 22 heavy (non-hydrogen) atoms. The summed E-state index contributed by atoms with van der Waals surface area (Å²) in [5.41, 5.74) is 1.24. The van der Waals surface area contributed by atoms with Gasteiger partial charge in [-0.2, -0.15) is 0 Å². The number of hydrogen-bond acceptors (Lipinski definition) is 3. The van der Waals surface area contributed by atoms with E-state index in [2.05, 4.69) is 0 Å². The monoisotopic (exact) mass is 296 g/mol. The van der Waals surface area contributed by atoms with Crippen molar-refractivity contribution >= 4 is 0 Å². The van der Waals surface area contributed by atoms with E-state index in [0.717, 1.165) is 11.3 Å². The third-order valence-electron chi connectivity index (χ3n) is 3.27. The van der Waals surface area contributed by atoms with Crippen molar-refractivity contribution in [2.24, 2.45) is 0 Å². The average molecular weight is 296 g/mol. The molecule has 0 fully saturated rings. The summed E-state index contributed by atoms with van der Waals surface area (Å²) in [6, 6.07) is 15.8. The Morgan fingerprint density at radius 2 is 1.36 bits per heavy atom. The maximum absolute atomic E-state index is 13.0. The van der Waals surface area contributed by atoms with Crippen LogP contribution in [0.3, 0.4) is 0 Å². The molecule has 0 bridgehead atoms. The number of rotatable bonds is 3. The lowest BCUT2D eigenvalue weighted by Crippen LogP contribution is -1.98. The molecule has 3 aromatic rings. The third kappa shape index (κ3) is 2.91. The van der Waals surface area contributed by atoms with Gasteiger partial charge in [-0.1, -0.05) is 0 Å². The van der Waals surface area contributed by atoms with Crippen molar-refractivity contribution in [2.75, 3.05) is 7.11 Å². The molecule has 3 nitrogen and oxygen atoms in total. The molecule has 0 radical (unpaired) electrons. The van der Waals surface area contributed by atoms with Gasteiger partial charge < -0.3 is 9.15 Å². The second kappa shape index (κ2) is 5.85. The molecule has 1 aromatic heterocycles. The predicted octanol–water partition coefficient (Wildman–Crippen LogP) is 4.12. The third-order valence-corrected chi connectivity index (χ3v) is 3.27. The zero-order valence-corrected chi connectivity index (χ0v) is 11.9.